The first kappa shape index (κ1) is 11.8. The summed E-state index contributed by atoms with van der Waals surface area (Å²) in [6.07, 6.45) is 7.31. The lowest BCUT2D eigenvalue weighted by Crippen LogP contribution is -1.97. The molecule has 2 heterocycles. The van der Waals surface area contributed by atoms with E-state index in [0.717, 1.165) is 29.5 Å². The van der Waals surface area contributed by atoms with Gasteiger partial charge in [-0.05, 0) is 12.8 Å². The van der Waals surface area contributed by atoms with Crippen LogP contribution in [0.4, 0.5) is 10.9 Å². The highest BCUT2D eigenvalue weighted by Gasteiger charge is 2.02. The molecule has 90 valence electrons. The van der Waals surface area contributed by atoms with Crippen molar-refractivity contribution in [3.63, 3.8) is 0 Å². The summed E-state index contributed by atoms with van der Waals surface area (Å²) in [5, 5.41) is 6.94. The van der Waals surface area contributed by atoms with Crippen molar-refractivity contribution in [3.05, 3.63) is 29.2 Å². The number of nitrogens with zero attached hydrogens (tertiary/aromatic N) is 3. The summed E-state index contributed by atoms with van der Waals surface area (Å²) < 4.78 is 0. The van der Waals surface area contributed by atoms with Gasteiger partial charge in [0.2, 0.25) is 0 Å². The van der Waals surface area contributed by atoms with Crippen LogP contribution >= 0.6 is 11.3 Å². The van der Waals surface area contributed by atoms with Gasteiger partial charge in [0.05, 0.1) is 18.1 Å². The molecule has 17 heavy (non-hydrogen) atoms. The van der Waals surface area contributed by atoms with Gasteiger partial charge in [-0.25, -0.2) is 9.97 Å². The van der Waals surface area contributed by atoms with Crippen molar-refractivity contribution >= 4 is 22.3 Å². The molecule has 0 radical (unpaired) electrons. The fraction of sp³-hybridized carbons (Fsp3) is 0.364. The Hall–Kier alpha value is -1.69. The van der Waals surface area contributed by atoms with Gasteiger partial charge in [0.25, 0.3) is 0 Å². The van der Waals surface area contributed by atoms with Crippen LogP contribution in [0.5, 0.6) is 0 Å². The number of hydrogen-bond donors (Lipinski definition) is 2. The number of aromatic nitrogens is 3. The fourth-order valence-corrected chi connectivity index (χ4v) is 2.17. The summed E-state index contributed by atoms with van der Waals surface area (Å²) in [5.41, 5.74) is 1.00. The molecule has 0 fully saturated rings. The zero-order valence-electron chi connectivity index (χ0n) is 9.90. The summed E-state index contributed by atoms with van der Waals surface area (Å²) in [4.78, 5) is 14.1. The number of nitrogens with one attached hydrogen (secondary N) is 2. The first-order valence-corrected chi connectivity index (χ1v) is 6.24. The Bertz CT molecular complexity index is 465. The maximum atomic E-state index is 4.34. The number of rotatable bonds is 5. The van der Waals surface area contributed by atoms with Crippen LogP contribution in [0.3, 0.4) is 0 Å². The minimum absolute atomic E-state index is 0.795. The maximum absolute atomic E-state index is 4.34. The van der Waals surface area contributed by atoms with E-state index in [0.29, 0.717) is 0 Å². The summed E-state index contributed by atoms with van der Waals surface area (Å²) in [7, 11) is 3.71. The molecule has 0 saturated carbocycles. The normalized spacial score (nSPS) is 10.2. The SMILES string of the molecule is CNc1cnc(CCc2cnc(NC)s2)cn1. The lowest BCUT2D eigenvalue weighted by Gasteiger charge is -2.00. The van der Waals surface area contributed by atoms with Gasteiger partial charge in [0.1, 0.15) is 5.82 Å². The Kier molecular flexibility index (Phi) is 3.87. The first-order chi connectivity index (χ1) is 8.31. The highest BCUT2D eigenvalue weighted by Crippen LogP contribution is 2.18. The largest absolute Gasteiger partial charge is 0.372 e. The predicted molar refractivity (Wildman–Crippen MR) is 70.6 cm³/mol. The molecular formula is C11H15N5S. The summed E-state index contributed by atoms with van der Waals surface area (Å²) in [6.45, 7) is 0. The van der Waals surface area contributed by atoms with E-state index in [9.17, 15) is 0 Å². The van der Waals surface area contributed by atoms with Crippen molar-refractivity contribution in [3.8, 4) is 0 Å². The average molecular weight is 249 g/mol. The number of aryl methyl sites for hydroxylation is 2. The summed E-state index contributed by atoms with van der Waals surface area (Å²) in [5.74, 6) is 0.795. The van der Waals surface area contributed by atoms with Gasteiger partial charge < -0.3 is 10.6 Å². The van der Waals surface area contributed by atoms with E-state index in [2.05, 4.69) is 25.6 Å². The van der Waals surface area contributed by atoms with Crippen LogP contribution < -0.4 is 10.6 Å². The van der Waals surface area contributed by atoms with Crippen LogP contribution in [0.15, 0.2) is 18.6 Å². The van der Waals surface area contributed by atoms with Gasteiger partial charge >= 0.3 is 0 Å². The third-order valence-electron chi connectivity index (χ3n) is 2.36. The van der Waals surface area contributed by atoms with E-state index in [-0.39, 0.29) is 0 Å². The highest BCUT2D eigenvalue weighted by atomic mass is 32.1. The molecule has 0 amide bonds. The van der Waals surface area contributed by atoms with Crippen LogP contribution in [0.1, 0.15) is 10.6 Å². The molecule has 5 nitrogen and oxygen atoms in total. The summed E-state index contributed by atoms with van der Waals surface area (Å²) in [6, 6.07) is 0. The minimum Gasteiger partial charge on any atom is -0.372 e. The minimum atomic E-state index is 0.795. The predicted octanol–water partition coefficient (Wildman–Crippen LogP) is 1.80. The Labute approximate surface area is 104 Å². The van der Waals surface area contributed by atoms with E-state index in [1.54, 1.807) is 17.5 Å². The Morgan fingerprint density at radius 3 is 2.47 bits per heavy atom. The standard InChI is InChI=1S/C11H15N5S/c1-12-10-7-14-8(5-15-10)3-4-9-6-16-11(13-2)17-9/h5-7H,3-4H2,1-2H3,(H,12,15)(H,13,16). The van der Waals surface area contributed by atoms with Gasteiger partial charge in [0, 0.05) is 25.2 Å². The summed E-state index contributed by atoms with van der Waals surface area (Å²) >= 11 is 1.68. The van der Waals surface area contributed by atoms with Crippen molar-refractivity contribution < 1.29 is 0 Å². The van der Waals surface area contributed by atoms with Crippen LogP contribution in [0.2, 0.25) is 0 Å². The van der Waals surface area contributed by atoms with E-state index in [4.69, 9.17) is 0 Å². The Morgan fingerprint density at radius 2 is 1.88 bits per heavy atom. The number of hydrogen-bond acceptors (Lipinski definition) is 6. The second kappa shape index (κ2) is 5.58. The molecule has 0 saturated heterocycles. The quantitative estimate of drug-likeness (QED) is 0.846. The molecule has 0 bridgehead atoms. The van der Waals surface area contributed by atoms with Gasteiger partial charge in [-0.15, -0.1) is 11.3 Å². The zero-order valence-corrected chi connectivity index (χ0v) is 10.7. The molecule has 0 aliphatic carbocycles. The van der Waals surface area contributed by atoms with Gasteiger partial charge in [-0.1, -0.05) is 0 Å². The van der Waals surface area contributed by atoms with Crippen molar-refractivity contribution in [1.29, 1.82) is 0 Å². The highest BCUT2D eigenvalue weighted by molar-refractivity contribution is 7.15. The number of anilines is 2. The maximum Gasteiger partial charge on any atom is 0.182 e. The third kappa shape index (κ3) is 3.13. The van der Waals surface area contributed by atoms with Crippen molar-refractivity contribution in [2.75, 3.05) is 24.7 Å². The molecule has 0 aromatic carbocycles. The topological polar surface area (TPSA) is 62.7 Å². The molecule has 0 atom stereocenters. The average Bonchev–Trinajstić information content (AvgIpc) is 2.85. The van der Waals surface area contributed by atoms with Crippen LogP contribution in [0, 0.1) is 0 Å². The van der Waals surface area contributed by atoms with Crippen molar-refractivity contribution in [2.24, 2.45) is 0 Å². The van der Waals surface area contributed by atoms with Gasteiger partial charge in [0.15, 0.2) is 5.13 Å². The molecule has 0 aliphatic heterocycles. The van der Waals surface area contributed by atoms with Crippen LogP contribution in [-0.4, -0.2) is 29.0 Å². The number of thiazole rings is 1. The van der Waals surface area contributed by atoms with Crippen molar-refractivity contribution in [2.45, 2.75) is 12.8 Å². The molecule has 0 unspecified atom stereocenters. The smallest absolute Gasteiger partial charge is 0.182 e. The monoisotopic (exact) mass is 249 g/mol. The lowest BCUT2D eigenvalue weighted by molar-refractivity contribution is 0.910. The molecule has 0 aliphatic rings. The molecule has 2 aromatic heterocycles. The molecule has 6 heteroatoms. The second-order valence-corrected chi connectivity index (χ2v) is 4.64. The van der Waals surface area contributed by atoms with Gasteiger partial charge in [-0.3, -0.25) is 4.98 Å². The Balaban J connectivity index is 1.92. The van der Waals surface area contributed by atoms with Crippen LogP contribution in [-0.2, 0) is 12.8 Å². The lowest BCUT2D eigenvalue weighted by atomic mass is 10.2. The fourth-order valence-electron chi connectivity index (χ4n) is 1.40. The second-order valence-electron chi connectivity index (χ2n) is 3.52. The molecule has 2 aromatic rings. The Morgan fingerprint density at radius 1 is 1.00 bits per heavy atom. The molecule has 2 rings (SSSR count). The molecular weight excluding hydrogens is 234 g/mol. The molecule has 2 N–H and O–H groups in total. The van der Waals surface area contributed by atoms with E-state index >= 15 is 0 Å². The first-order valence-electron chi connectivity index (χ1n) is 5.43. The van der Waals surface area contributed by atoms with Crippen LogP contribution in [0.25, 0.3) is 0 Å². The third-order valence-corrected chi connectivity index (χ3v) is 3.43. The zero-order chi connectivity index (χ0) is 12.1. The van der Waals surface area contributed by atoms with E-state index in [1.807, 2.05) is 26.5 Å². The van der Waals surface area contributed by atoms with Crippen molar-refractivity contribution in [1.82, 2.24) is 15.0 Å². The van der Waals surface area contributed by atoms with E-state index < -0.39 is 0 Å². The van der Waals surface area contributed by atoms with Gasteiger partial charge in [-0.2, -0.15) is 0 Å². The van der Waals surface area contributed by atoms with E-state index in [1.165, 1.54) is 4.88 Å². The molecule has 0 spiro atoms.